The summed E-state index contributed by atoms with van der Waals surface area (Å²) in [7, 11) is -4.08. The third-order valence-electron chi connectivity index (χ3n) is 3.00. The Morgan fingerprint density at radius 3 is 2.50 bits per heavy atom. The molecule has 1 aromatic heterocycles. The summed E-state index contributed by atoms with van der Waals surface area (Å²) < 4.78 is 51.8. The molecule has 1 aromatic carbocycles. The van der Waals surface area contributed by atoms with Gasteiger partial charge in [-0.2, -0.15) is 0 Å². The number of nitrogens with zero attached hydrogens (tertiary/aromatic N) is 1. The largest absolute Gasteiger partial charge is 0.294 e. The van der Waals surface area contributed by atoms with Gasteiger partial charge in [0.25, 0.3) is 10.0 Å². The van der Waals surface area contributed by atoms with Gasteiger partial charge in [-0.05, 0) is 24.3 Å². The second kappa shape index (κ2) is 7.26. The van der Waals surface area contributed by atoms with E-state index >= 15 is 0 Å². The van der Waals surface area contributed by atoms with E-state index in [0.29, 0.717) is 6.07 Å². The van der Waals surface area contributed by atoms with E-state index in [1.807, 2.05) is 0 Å². The van der Waals surface area contributed by atoms with E-state index in [2.05, 4.69) is 4.98 Å². The van der Waals surface area contributed by atoms with Gasteiger partial charge in [-0.15, -0.1) is 0 Å². The average molecular weight is 354 g/mol. The van der Waals surface area contributed by atoms with E-state index in [4.69, 9.17) is 0 Å². The number of pyridine rings is 1. The Morgan fingerprint density at radius 1 is 1.12 bits per heavy atom. The maximum Gasteiger partial charge on any atom is 0.265 e. The maximum absolute atomic E-state index is 13.5. The van der Waals surface area contributed by atoms with Gasteiger partial charge >= 0.3 is 0 Å². The minimum atomic E-state index is -4.08. The summed E-state index contributed by atoms with van der Waals surface area (Å²) >= 11 is 0. The Labute approximate surface area is 136 Å². The van der Waals surface area contributed by atoms with Crippen molar-refractivity contribution < 1.29 is 26.8 Å². The summed E-state index contributed by atoms with van der Waals surface area (Å²) in [4.78, 5) is 26.9. The first kappa shape index (κ1) is 17.7. The standard InChI is InChI=1S/C15H12F2N2O4S/c16-10-3-4-12(13(17)8-10)14(20)5-6-15(21)19-24(22,23)11-2-1-7-18-9-11/h1-4,7-9H,5-6H2,(H,19,21). The molecular weight excluding hydrogens is 342 g/mol. The number of halogens is 2. The maximum atomic E-state index is 13.5. The third-order valence-corrected chi connectivity index (χ3v) is 4.36. The van der Waals surface area contributed by atoms with Crippen molar-refractivity contribution >= 4 is 21.7 Å². The molecular formula is C15H12F2N2O4S. The highest BCUT2D eigenvalue weighted by Gasteiger charge is 2.19. The van der Waals surface area contributed by atoms with Gasteiger partial charge in [0.05, 0.1) is 5.56 Å². The Kier molecular flexibility index (Phi) is 5.35. The van der Waals surface area contributed by atoms with Gasteiger partial charge in [-0.1, -0.05) is 0 Å². The highest BCUT2D eigenvalue weighted by molar-refractivity contribution is 7.90. The number of aromatic nitrogens is 1. The first-order valence-corrected chi connectivity index (χ1v) is 8.22. The van der Waals surface area contributed by atoms with Crippen LogP contribution in [0.1, 0.15) is 23.2 Å². The Hall–Kier alpha value is -2.68. The van der Waals surface area contributed by atoms with Gasteiger partial charge in [0, 0.05) is 31.3 Å². The van der Waals surface area contributed by atoms with Crippen LogP contribution in [0.3, 0.4) is 0 Å². The summed E-state index contributed by atoms with van der Waals surface area (Å²) in [5.41, 5.74) is -0.362. The number of benzene rings is 1. The van der Waals surface area contributed by atoms with E-state index in [9.17, 15) is 26.8 Å². The Morgan fingerprint density at radius 2 is 1.88 bits per heavy atom. The van der Waals surface area contributed by atoms with Gasteiger partial charge < -0.3 is 0 Å². The molecule has 126 valence electrons. The van der Waals surface area contributed by atoms with E-state index in [-0.39, 0.29) is 10.5 Å². The van der Waals surface area contributed by atoms with E-state index in [1.165, 1.54) is 18.3 Å². The van der Waals surface area contributed by atoms with Crippen molar-refractivity contribution in [2.75, 3.05) is 0 Å². The van der Waals surface area contributed by atoms with Crippen LogP contribution in [-0.2, 0) is 14.8 Å². The molecule has 0 aliphatic heterocycles. The molecule has 1 heterocycles. The van der Waals surface area contributed by atoms with Crippen molar-refractivity contribution in [3.8, 4) is 0 Å². The van der Waals surface area contributed by atoms with Crippen molar-refractivity contribution in [2.24, 2.45) is 0 Å². The van der Waals surface area contributed by atoms with Crippen LogP contribution < -0.4 is 4.72 Å². The number of rotatable bonds is 6. The number of ketones is 1. The summed E-state index contributed by atoms with van der Waals surface area (Å²) in [5, 5.41) is 0. The van der Waals surface area contributed by atoms with Gasteiger partial charge in [0.1, 0.15) is 16.5 Å². The molecule has 2 rings (SSSR count). The SMILES string of the molecule is O=C(CCC(=O)c1ccc(F)cc1F)NS(=O)(=O)c1cccnc1. The molecule has 0 saturated heterocycles. The van der Waals surface area contributed by atoms with Crippen LogP contribution in [0.4, 0.5) is 8.78 Å². The number of nitrogens with one attached hydrogen (secondary N) is 1. The normalized spacial score (nSPS) is 11.1. The van der Waals surface area contributed by atoms with Crippen LogP contribution in [0.25, 0.3) is 0 Å². The lowest BCUT2D eigenvalue weighted by atomic mass is 10.1. The molecule has 0 fully saturated rings. The number of hydrogen-bond donors (Lipinski definition) is 1. The lowest BCUT2D eigenvalue weighted by Crippen LogP contribution is -2.30. The second-order valence-electron chi connectivity index (χ2n) is 4.76. The Balaban J connectivity index is 1.97. The summed E-state index contributed by atoms with van der Waals surface area (Å²) in [6.07, 6.45) is 1.55. The first-order valence-electron chi connectivity index (χ1n) is 6.73. The van der Waals surface area contributed by atoms with Crippen molar-refractivity contribution in [1.82, 2.24) is 9.71 Å². The molecule has 6 nitrogen and oxygen atoms in total. The van der Waals surface area contributed by atoms with Crippen LogP contribution in [0.15, 0.2) is 47.6 Å². The molecule has 1 amide bonds. The lowest BCUT2D eigenvalue weighted by Gasteiger charge is -2.06. The minimum absolute atomic E-state index is 0.200. The molecule has 0 spiro atoms. The van der Waals surface area contributed by atoms with Crippen molar-refractivity contribution in [2.45, 2.75) is 17.7 Å². The van der Waals surface area contributed by atoms with Crippen LogP contribution >= 0.6 is 0 Å². The summed E-state index contributed by atoms with van der Waals surface area (Å²) in [6, 6.07) is 5.09. The quantitative estimate of drug-likeness (QED) is 0.799. The zero-order valence-electron chi connectivity index (χ0n) is 12.2. The van der Waals surface area contributed by atoms with Gasteiger partial charge in [-0.25, -0.2) is 21.9 Å². The minimum Gasteiger partial charge on any atom is -0.294 e. The monoisotopic (exact) mass is 354 g/mol. The molecule has 9 heteroatoms. The Bertz CT molecular complexity index is 870. The lowest BCUT2D eigenvalue weighted by molar-refractivity contribution is -0.119. The number of carbonyl (C=O) groups is 2. The van der Waals surface area contributed by atoms with E-state index in [0.717, 1.165) is 18.3 Å². The molecule has 0 radical (unpaired) electrons. The summed E-state index contributed by atoms with van der Waals surface area (Å²) in [5.74, 6) is -3.52. The van der Waals surface area contributed by atoms with Gasteiger partial charge in [-0.3, -0.25) is 14.6 Å². The van der Waals surface area contributed by atoms with Crippen molar-refractivity contribution in [1.29, 1.82) is 0 Å². The van der Waals surface area contributed by atoms with Gasteiger partial charge in [0.2, 0.25) is 5.91 Å². The molecule has 1 N–H and O–H groups in total. The second-order valence-corrected chi connectivity index (χ2v) is 6.45. The molecule has 24 heavy (non-hydrogen) atoms. The molecule has 0 aliphatic carbocycles. The van der Waals surface area contributed by atoms with E-state index in [1.54, 1.807) is 4.72 Å². The van der Waals surface area contributed by atoms with Crippen molar-refractivity contribution in [3.63, 3.8) is 0 Å². The molecule has 0 unspecified atom stereocenters. The molecule has 0 aliphatic rings. The van der Waals surface area contributed by atoms with E-state index < -0.39 is 46.2 Å². The summed E-state index contributed by atoms with van der Waals surface area (Å²) in [6.45, 7) is 0. The first-order chi connectivity index (χ1) is 11.3. The fourth-order valence-electron chi connectivity index (χ4n) is 1.84. The van der Waals surface area contributed by atoms with Crippen LogP contribution in [-0.4, -0.2) is 25.1 Å². The molecule has 2 aromatic rings. The number of carbonyl (C=O) groups excluding carboxylic acids is 2. The zero-order valence-corrected chi connectivity index (χ0v) is 13.0. The molecule has 0 saturated carbocycles. The zero-order chi connectivity index (χ0) is 17.7. The van der Waals surface area contributed by atoms with Crippen LogP contribution in [0.2, 0.25) is 0 Å². The number of sulfonamides is 1. The van der Waals surface area contributed by atoms with Gasteiger partial charge in [0.15, 0.2) is 5.78 Å². The number of hydrogen-bond acceptors (Lipinski definition) is 5. The predicted molar refractivity (Wildman–Crippen MR) is 79.5 cm³/mol. The molecule has 0 atom stereocenters. The number of Topliss-reactive ketones (excluding diaryl/α,β-unsaturated/α-hetero) is 1. The highest BCUT2D eigenvalue weighted by Crippen LogP contribution is 2.13. The fourth-order valence-corrected chi connectivity index (χ4v) is 2.82. The van der Waals surface area contributed by atoms with Crippen LogP contribution in [0.5, 0.6) is 0 Å². The van der Waals surface area contributed by atoms with Crippen molar-refractivity contribution in [3.05, 3.63) is 59.9 Å². The van der Waals surface area contributed by atoms with Crippen LogP contribution in [0, 0.1) is 11.6 Å². The third kappa shape index (κ3) is 4.42. The average Bonchev–Trinajstić information content (AvgIpc) is 2.53. The smallest absolute Gasteiger partial charge is 0.265 e. The topological polar surface area (TPSA) is 93.2 Å². The fraction of sp³-hybridized carbons (Fsp3) is 0.133. The predicted octanol–water partition coefficient (Wildman–Crippen LogP) is 1.83. The molecule has 0 bridgehead atoms. The highest BCUT2D eigenvalue weighted by atomic mass is 32.2. The number of amides is 1.